The third-order valence-electron chi connectivity index (χ3n) is 3.92. The largest absolute Gasteiger partial charge is 0.504 e. The SMILES string of the molecule is O=c1cc(-c2cccc(Oc3ccccc3)c2)oc2cc(O)c(O)cc12. The van der Waals surface area contributed by atoms with Gasteiger partial charge in [-0.3, -0.25) is 4.79 Å². The summed E-state index contributed by atoms with van der Waals surface area (Å²) in [7, 11) is 0. The highest BCUT2D eigenvalue weighted by atomic mass is 16.5. The quantitative estimate of drug-likeness (QED) is 0.527. The number of phenolic OH excluding ortho intramolecular Hbond substituents is 2. The average molecular weight is 346 g/mol. The Balaban J connectivity index is 1.77. The van der Waals surface area contributed by atoms with Crippen molar-refractivity contribution in [2.45, 2.75) is 0 Å². The van der Waals surface area contributed by atoms with Crippen LogP contribution >= 0.6 is 0 Å². The molecule has 0 fully saturated rings. The molecule has 0 atom stereocenters. The first kappa shape index (κ1) is 15.8. The summed E-state index contributed by atoms with van der Waals surface area (Å²) in [6.07, 6.45) is 0. The smallest absolute Gasteiger partial charge is 0.193 e. The molecule has 2 N–H and O–H groups in total. The molecular weight excluding hydrogens is 332 g/mol. The van der Waals surface area contributed by atoms with Gasteiger partial charge in [-0.05, 0) is 30.3 Å². The number of para-hydroxylation sites is 1. The predicted molar refractivity (Wildman–Crippen MR) is 97.8 cm³/mol. The van der Waals surface area contributed by atoms with Crippen LogP contribution in [-0.2, 0) is 0 Å². The molecule has 26 heavy (non-hydrogen) atoms. The highest BCUT2D eigenvalue weighted by Gasteiger charge is 2.11. The second-order valence-electron chi connectivity index (χ2n) is 5.75. The van der Waals surface area contributed by atoms with Crippen molar-refractivity contribution in [1.29, 1.82) is 0 Å². The van der Waals surface area contributed by atoms with E-state index in [1.807, 2.05) is 30.3 Å². The van der Waals surface area contributed by atoms with Gasteiger partial charge in [0.15, 0.2) is 16.9 Å². The predicted octanol–water partition coefficient (Wildman–Crippen LogP) is 4.66. The van der Waals surface area contributed by atoms with Crippen LogP contribution in [0.3, 0.4) is 0 Å². The summed E-state index contributed by atoms with van der Waals surface area (Å²) < 4.78 is 11.5. The Bertz CT molecular complexity index is 1150. The van der Waals surface area contributed by atoms with Crippen LogP contribution in [0.2, 0.25) is 0 Å². The Morgan fingerprint density at radius 1 is 0.769 bits per heavy atom. The number of aromatic hydroxyl groups is 2. The Morgan fingerprint density at radius 2 is 1.50 bits per heavy atom. The second-order valence-corrected chi connectivity index (χ2v) is 5.75. The molecule has 4 aromatic rings. The third kappa shape index (κ3) is 2.98. The lowest BCUT2D eigenvalue weighted by atomic mass is 10.1. The van der Waals surface area contributed by atoms with E-state index in [1.54, 1.807) is 24.3 Å². The minimum Gasteiger partial charge on any atom is -0.504 e. The van der Waals surface area contributed by atoms with E-state index in [2.05, 4.69) is 0 Å². The summed E-state index contributed by atoms with van der Waals surface area (Å²) in [6, 6.07) is 20.3. The van der Waals surface area contributed by atoms with E-state index in [9.17, 15) is 15.0 Å². The van der Waals surface area contributed by atoms with Crippen LogP contribution in [0.15, 0.2) is 82.0 Å². The number of fused-ring (bicyclic) bond motifs is 1. The van der Waals surface area contributed by atoms with Gasteiger partial charge >= 0.3 is 0 Å². The molecule has 5 heteroatoms. The molecule has 0 unspecified atom stereocenters. The third-order valence-corrected chi connectivity index (χ3v) is 3.92. The Morgan fingerprint density at radius 3 is 2.31 bits per heavy atom. The number of hydrogen-bond acceptors (Lipinski definition) is 5. The monoisotopic (exact) mass is 346 g/mol. The normalized spacial score (nSPS) is 10.8. The molecule has 0 bridgehead atoms. The molecule has 0 radical (unpaired) electrons. The van der Waals surface area contributed by atoms with Gasteiger partial charge in [-0.1, -0.05) is 30.3 Å². The lowest BCUT2D eigenvalue weighted by Crippen LogP contribution is -2.00. The van der Waals surface area contributed by atoms with Gasteiger partial charge in [-0.25, -0.2) is 0 Å². The highest BCUT2D eigenvalue weighted by Crippen LogP contribution is 2.32. The Labute approximate surface area is 148 Å². The molecule has 0 saturated carbocycles. The van der Waals surface area contributed by atoms with Crippen molar-refractivity contribution < 1.29 is 19.4 Å². The molecule has 1 heterocycles. The fourth-order valence-electron chi connectivity index (χ4n) is 2.66. The van der Waals surface area contributed by atoms with E-state index in [0.29, 0.717) is 22.8 Å². The van der Waals surface area contributed by atoms with Gasteiger partial charge in [0.25, 0.3) is 0 Å². The molecular formula is C21H14O5. The van der Waals surface area contributed by atoms with Crippen LogP contribution < -0.4 is 10.2 Å². The van der Waals surface area contributed by atoms with E-state index in [0.717, 1.165) is 0 Å². The van der Waals surface area contributed by atoms with Crippen molar-refractivity contribution in [1.82, 2.24) is 0 Å². The molecule has 4 rings (SSSR count). The van der Waals surface area contributed by atoms with Gasteiger partial charge in [-0.2, -0.15) is 0 Å². The minimum absolute atomic E-state index is 0.192. The minimum atomic E-state index is -0.365. The first-order valence-electron chi connectivity index (χ1n) is 7.93. The maximum Gasteiger partial charge on any atom is 0.193 e. The average Bonchev–Trinajstić information content (AvgIpc) is 2.64. The second kappa shape index (κ2) is 6.29. The zero-order valence-corrected chi connectivity index (χ0v) is 13.5. The zero-order valence-electron chi connectivity index (χ0n) is 13.5. The summed E-state index contributed by atoms with van der Waals surface area (Å²) >= 11 is 0. The van der Waals surface area contributed by atoms with E-state index < -0.39 is 0 Å². The van der Waals surface area contributed by atoms with Crippen molar-refractivity contribution >= 4 is 11.0 Å². The highest BCUT2D eigenvalue weighted by molar-refractivity contribution is 5.82. The molecule has 0 aliphatic heterocycles. The molecule has 3 aromatic carbocycles. The molecule has 1 aromatic heterocycles. The first-order valence-corrected chi connectivity index (χ1v) is 7.93. The summed E-state index contributed by atoms with van der Waals surface area (Å²) in [5.41, 5.74) is 0.535. The summed E-state index contributed by atoms with van der Waals surface area (Å²) in [6.45, 7) is 0. The summed E-state index contributed by atoms with van der Waals surface area (Å²) in [5, 5.41) is 19.4. The molecule has 0 amide bonds. The van der Waals surface area contributed by atoms with E-state index in [-0.39, 0.29) is 27.9 Å². The number of phenols is 2. The van der Waals surface area contributed by atoms with E-state index >= 15 is 0 Å². The lowest BCUT2D eigenvalue weighted by Gasteiger charge is -2.08. The van der Waals surface area contributed by atoms with Gasteiger partial charge in [0.05, 0.1) is 5.39 Å². The standard InChI is InChI=1S/C21H14O5/c22-17-11-20(26-21-12-19(24)18(23)10-16(17)21)13-5-4-8-15(9-13)25-14-6-2-1-3-7-14/h1-12,23-24H. The molecule has 0 aliphatic rings. The first-order chi connectivity index (χ1) is 12.6. The van der Waals surface area contributed by atoms with Crippen molar-refractivity contribution in [2.75, 3.05) is 0 Å². The van der Waals surface area contributed by atoms with Gasteiger partial charge in [0, 0.05) is 17.7 Å². The van der Waals surface area contributed by atoms with Crippen LogP contribution in [0.5, 0.6) is 23.0 Å². The Hall–Kier alpha value is -3.73. The van der Waals surface area contributed by atoms with E-state index in [4.69, 9.17) is 9.15 Å². The van der Waals surface area contributed by atoms with Crippen molar-refractivity contribution in [3.05, 3.63) is 83.0 Å². The maximum absolute atomic E-state index is 12.3. The van der Waals surface area contributed by atoms with Gasteiger partial charge in [-0.15, -0.1) is 0 Å². The van der Waals surface area contributed by atoms with Crippen molar-refractivity contribution in [2.24, 2.45) is 0 Å². The summed E-state index contributed by atoms with van der Waals surface area (Å²) in [4.78, 5) is 12.3. The van der Waals surface area contributed by atoms with Crippen LogP contribution in [0.4, 0.5) is 0 Å². The van der Waals surface area contributed by atoms with Crippen molar-refractivity contribution in [3.8, 4) is 34.3 Å². The van der Waals surface area contributed by atoms with Gasteiger partial charge in [0.2, 0.25) is 0 Å². The fourth-order valence-corrected chi connectivity index (χ4v) is 2.66. The number of hydrogen-bond donors (Lipinski definition) is 2. The summed E-state index contributed by atoms with van der Waals surface area (Å²) in [5.74, 6) is 0.927. The van der Waals surface area contributed by atoms with Gasteiger partial charge in [0.1, 0.15) is 22.8 Å². The van der Waals surface area contributed by atoms with Crippen LogP contribution in [0.25, 0.3) is 22.3 Å². The number of benzene rings is 3. The Kier molecular flexibility index (Phi) is 3.82. The number of rotatable bonds is 3. The molecule has 0 aliphatic carbocycles. The van der Waals surface area contributed by atoms with Crippen LogP contribution in [-0.4, -0.2) is 10.2 Å². The zero-order chi connectivity index (χ0) is 18.1. The van der Waals surface area contributed by atoms with Gasteiger partial charge < -0.3 is 19.4 Å². The van der Waals surface area contributed by atoms with Crippen molar-refractivity contribution in [3.63, 3.8) is 0 Å². The molecule has 5 nitrogen and oxygen atoms in total. The number of ether oxygens (including phenoxy) is 1. The van der Waals surface area contributed by atoms with Crippen LogP contribution in [0, 0.1) is 0 Å². The molecule has 0 spiro atoms. The molecule has 0 saturated heterocycles. The maximum atomic E-state index is 12.3. The van der Waals surface area contributed by atoms with Crippen LogP contribution in [0.1, 0.15) is 0 Å². The topological polar surface area (TPSA) is 79.9 Å². The fraction of sp³-hybridized carbons (Fsp3) is 0. The lowest BCUT2D eigenvalue weighted by molar-refractivity contribution is 0.403. The van der Waals surface area contributed by atoms with E-state index in [1.165, 1.54) is 18.2 Å². The molecule has 128 valence electrons.